The van der Waals surface area contributed by atoms with Gasteiger partial charge < -0.3 is 0 Å². The number of hydrogen-bond donors (Lipinski definition) is 0. The van der Waals surface area contributed by atoms with Crippen molar-refractivity contribution < 1.29 is 14.4 Å². The van der Waals surface area contributed by atoms with Crippen LogP contribution in [0.5, 0.6) is 0 Å². The monoisotopic (exact) mass is 274 g/mol. The Labute approximate surface area is 120 Å². The molecule has 0 spiro atoms. The number of unbranched alkanes of at least 4 members (excludes halogenated alkanes) is 2. The van der Waals surface area contributed by atoms with E-state index in [4.69, 9.17) is 0 Å². The summed E-state index contributed by atoms with van der Waals surface area (Å²) < 4.78 is 0. The van der Waals surface area contributed by atoms with Gasteiger partial charge in [-0.1, -0.05) is 38.8 Å². The summed E-state index contributed by atoms with van der Waals surface area (Å²) >= 11 is 0. The molecule has 0 aromatic carbocycles. The average Bonchev–Trinajstić information content (AvgIpc) is 2.81. The molecule has 1 aliphatic carbocycles. The highest BCUT2D eigenvalue weighted by Gasteiger charge is 2.29. The number of allylic oxidation sites excluding steroid dienone is 6. The Hall–Kier alpha value is -1.77. The first-order valence-electron chi connectivity index (χ1n) is 7.29. The minimum Gasteiger partial charge on any atom is -0.294 e. The molecule has 0 heterocycles. The highest BCUT2D eigenvalue weighted by Crippen LogP contribution is 2.25. The van der Waals surface area contributed by atoms with Crippen LogP contribution in [0.2, 0.25) is 0 Å². The molecule has 0 bridgehead atoms. The van der Waals surface area contributed by atoms with Gasteiger partial charge >= 0.3 is 0 Å². The Morgan fingerprint density at radius 2 is 1.50 bits per heavy atom. The van der Waals surface area contributed by atoms with E-state index in [-0.39, 0.29) is 29.3 Å². The van der Waals surface area contributed by atoms with Crippen LogP contribution < -0.4 is 0 Å². The van der Waals surface area contributed by atoms with Crippen LogP contribution in [0.3, 0.4) is 0 Å². The van der Waals surface area contributed by atoms with Crippen molar-refractivity contribution in [1.82, 2.24) is 0 Å². The third kappa shape index (κ3) is 4.41. The maximum Gasteiger partial charge on any atom is 0.189 e. The summed E-state index contributed by atoms with van der Waals surface area (Å²) in [7, 11) is 0. The van der Waals surface area contributed by atoms with Crippen molar-refractivity contribution in [2.75, 3.05) is 0 Å². The molecule has 0 radical (unpaired) electrons. The van der Waals surface area contributed by atoms with Crippen molar-refractivity contribution >= 4 is 17.3 Å². The van der Waals surface area contributed by atoms with Gasteiger partial charge in [-0.2, -0.15) is 0 Å². The van der Waals surface area contributed by atoms with E-state index >= 15 is 0 Å². The van der Waals surface area contributed by atoms with Gasteiger partial charge in [-0.25, -0.2) is 0 Å². The molecule has 3 heteroatoms. The third-order valence-corrected chi connectivity index (χ3v) is 3.18. The van der Waals surface area contributed by atoms with Gasteiger partial charge in [-0.3, -0.25) is 14.4 Å². The molecule has 0 aromatic heterocycles. The minimum absolute atomic E-state index is 0.100. The fourth-order valence-corrected chi connectivity index (χ4v) is 2.09. The Morgan fingerprint density at radius 1 is 0.950 bits per heavy atom. The van der Waals surface area contributed by atoms with E-state index in [2.05, 4.69) is 0 Å². The molecular formula is C17H22O3. The number of Topliss-reactive ketones (excluding diaryl/α,β-unsaturated/α-hetero) is 1. The summed E-state index contributed by atoms with van der Waals surface area (Å²) in [6, 6.07) is 0. The van der Waals surface area contributed by atoms with Crippen LogP contribution in [0, 0.1) is 0 Å². The quantitative estimate of drug-likeness (QED) is 0.503. The fraction of sp³-hybridized carbons (Fsp3) is 0.471. The van der Waals surface area contributed by atoms with Gasteiger partial charge in [0, 0.05) is 12.0 Å². The lowest BCUT2D eigenvalue weighted by atomic mass is 10.0. The summed E-state index contributed by atoms with van der Waals surface area (Å²) in [5.74, 6) is -0.729. The number of carbonyl (C=O) groups excluding carboxylic acids is 3. The number of hydrogen-bond acceptors (Lipinski definition) is 3. The molecule has 1 aliphatic rings. The number of ketones is 3. The maximum absolute atomic E-state index is 12.0. The molecule has 0 unspecified atom stereocenters. The predicted molar refractivity (Wildman–Crippen MR) is 79.4 cm³/mol. The van der Waals surface area contributed by atoms with Crippen LogP contribution in [0.25, 0.3) is 0 Å². The van der Waals surface area contributed by atoms with Gasteiger partial charge in [-0.05, 0) is 31.4 Å². The number of carbonyl (C=O) groups is 3. The largest absolute Gasteiger partial charge is 0.294 e. The Balaban J connectivity index is 2.91. The molecule has 0 amide bonds. The fourth-order valence-electron chi connectivity index (χ4n) is 2.09. The third-order valence-electron chi connectivity index (χ3n) is 3.18. The van der Waals surface area contributed by atoms with Crippen molar-refractivity contribution in [1.29, 1.82) is 0 Å². The Morgan fingerprint density at radius 3 is 2.05 bits per heavy atom. The first-order chi connectivity index (χ1) is 9.61. The summed E-state index contributed by atoms with van der Waals surface area (Å²) in [5.41, 5.74) is 0.483. The molecule has 108 valence electrons. The molecule has 0 fully saturated rings. The lowest BCUT2D eigenvalue weighted by Gasteiger charge is -1.99. The average molecular weight is 274 g/mol. The molecule has 0 aliphatic heterocycles. The highest BCUT2D eigenvalue weighted by atomic mass is 16.2. The smallest absolute Gasteiger partial charge is 0.189 e. The van der Waals surface area contributed by atoms with E-state index in [0.717, 1.165) is 25.7 Å². The van der Waals surface area contributed by atoms with Crippen LogP contribution in [-0.2, 0) is 14.4 Å². The van der Waals surface area contributed by atoms with E-state index in [1.54, 1.807) is 12.2 Å². The minimum atomic E-state index is -0.326. The summed E-state index contributed by atoms with van der Waals surface area (Å²) in [6.45, 7) is 4.04. The van der Waals surface area contributed by atoms with E-state index in [1.165, 1.54) is 12.2 Å². The second-order valence-corrected chi connectivity index (χ2v) is 4.89. The van der Waals surface area contributed by atoms with E-state index in [9.17, 15) is 14.4 Å². The van der Waals surface area contributed by atoms with Gasteiger partial charge in [0.25, 0.3) is 0 Å². The lowest BCUT2D eigenvalue weighted by Crippen LogP contribution is -2.10. The first kappa shape index (κ1) is 16.3. The van der Waals surface area contributed by atoms with Crippen molar-refractivity contribution in [2.24, 2.45) is 0 Å². The molecule has 0 aromatic rings. The van der Waals surface area contributed by atoms with Gasteiger partial charge in [0.1, 0.15) is 0 Å². The molecule has 0 saturated carbocycles. The van der Waals surface area contributed by atoms with Gasteiger partial charge in [0.15, 0.2) is 17.3 Å². The summed E-state index contributed by atoms with van der Waals surface area (Å²) in [6.07, 6.45) is 10.7. The van der Waals surface area contributed by atoms with Crippen LogP contribution in [-0.4, -0.2) is 17.3 Å². The van der Waals surface area contributed by atoms with Crippen molar-refractivity contribution in [3.05, 3.63) is 35.5 Å². The zero-order chi connectivity index (χ0) is 15.0. The second kappa shape index (κ2) is 8.41. The van der Waals surface area contributed by atoms with Crippen LogP contribution in [0.4, 0.5) is 0 Å². The van der Waals surface area contributed by atoms with Crippen molar-refractivity contribution in [3.63, 3.8) is 0 Å². The van der Waals surface area contributed by atoms with E-state index < -0.39 is 0 Å². The summed E-state index contributed by atoms with van der Waals surface area (Å²) in [5, 5.41) is 0. The Kier molecular flexibility index (Phi) is 6.85. The normalized spacial score (nSPS) is 15.8. The second-order valence-electron chi connectivity index (χ2n) is 4.89. The molecule has 20 heavy (non-hydrogen) atoms. The Bertz CT molecular complexity index is 478. The van der Waals surface area contributed by atoms with Crippen LogP contribution in [0.1, 0.15) is 52.4 Å². The van der Waals surface area contributed by atoms with Crippen molar-refractivity contribution in [2.45, 2.75) is 52.4 Å². The standard InChI is InChI=1S/C17H22O3/c1-3-5-7-9-14(18)13-11-12-16(20)17(13)15(19)10-8-6-4-2/h7-10H,3-6,11-12H2,1-2H3. The van der Waals surface area contributed by atoms with Gasteiger partial charge in [0.05, 0.1) is 5.57 Å². The molecule has 0 atom stereocenters. The summed E-state index contributed by atoms with van der Waals surface area (Å²) in [4.78, 5) is 35.9. The number of rotatable bonds is 8. The predicted octanol–water partition coefficient (Wildman–Crippen LogP) is 3.50. The molecule has 0 N–H and O–H groups in total. The molecular weight excluding hydrogens is 252 g/mol. The SMILES string of the molecule is CCCC=CC(=O)C1=C(C(=O)C=CCCC)C(=O)CC1. The zero-order valence-electron chi connectivity index (χ0n) is 12.3. The van der Waals surface area contributed by atoms with Crippen molar-refractivity contribution in [3.8, 4) is 0 Å². The van der Waals surface area contributed by atoms with E-state index in [0.29, 0.717) is 12.0 Å². The maximum atomic E-state index is 12.0. The first-order valence-corrected chi connectivity index (χ1v) is 7.29. The molecule has 3 nitrogen and oxygen atoms in total. The molecule has 1 rings (SSSR count). The van der Waals surface area contributed by atoms with Crippen LogP contribution in [0.15, 0.2) is 35.5 Å². The lowest BCUT2D eigenvalue weighted by molar-refractivity contribution is -0.119. The van der Waals surface area contributed by atoms with Gasteiger partial charge in [-0.15, -0.1) is 0 Å². The topological polar surface area (TPSA) is 51.2 Å². The zero-order valence-corrected chi connectivity index (χ0v) is 12.3. The van der Waals surface area contributed by atoms with Gasteiger partial charge in [0.2, 0.25) is 0 Å². The highest BCUT2D eigenvalue weighted by molar-refractivity contribution is 6.30. The molecule has 0 saturated heterocycles. The van der Waals surface area contributed by atoms with E-state index in [1.807, 2.05) is 13.8 Å². The van der Waals surface area contributed by atoms with Crippen LogP contribution >= 0.6 is 0 Å².